The molecule has 2 heteroatoms. The topological polar surface area (TPSA) is 12.0 Å². The average molecular weight is 211 g/mol. The SMILES string of the molecule is CCNC(CC(C)C)c1ccc(C)s1. The Morgan fingerprint density at radius 1 is 1.36 bits per heavy atom. The molecular formula is C12H21NS. The van der Waals surface area contributed by atoms with E-state index in [1.54, 1.807) is 0 Å². The molecule has 1 unspecified atom stereocenters. The Labute approximate surface area is 91.5 Å². The summed E-state index contributed by atoms with van der Waals surface area (Å²) in [4.78, 5) is 2.89. The minimum Gasteiger partial charge on any atom is -0.310 e. The molecule has 0 amide bonds. The maximum Gasteiger partial charge on any atom is 0.0417 e. The summed E-state index contributed by atoms with van der Waals surface area (Å²) >= 11 is 1.92. The van der Waals surface area contributed by atoms with Gasteiger partial charge < -0.3 is 5.32 Å². The zero-order valence-electron chi connectivity index (χ0n) is 9.63. The number of hydrogen-bond donors (Lipinski definition) is 1. The predicted octanol–water partition coefficient (Wildman–Crippen LogP) is 3.75. The molecule has 0 bridgehead atoms. The Morgan fingerprint density at radius 2 is 2.07 bits per heavy atom. The highest BCUT2D eigenvalue weighted by Gasteiger charge is 2.13. The van der Waals surface area contributed by atoms with E-state index >= 15 is 0 Å². The summed E-state index contributed by atoms with van der Waals surface area (Å²) in [5.41, 5.74) is 0. The summed E-state index contributed by atoms with van der Waals surface area (Å²) in [5, 5.41) is 3.55. The van der Waals surface area contributed by atoms with E-state index in [4.69, 9.17) is 0 Å². The van der Waals surface area contributed by atoms with Crippen LogP contribution in [0.15, 0.2) is 12.1 Å². The molecule has 1 aromatic rings. The van der Waals surface area contributed by atoms with Crippen molar-refractivity contribution in [1.82, 2.24) is 5.32 Å². The lowest BCUT2D eigenvalue weighted by Gasteiger charge is -2.18. The van der Waals surface area contributed by atoms with Crippen LogP contribution in [-0.4, -0.2) is 6.54 Å². The van der Waals surface area contributed by atoms with Gasteiger partial charge in [-0.15, -0.1) is 11.3 Å². The van der Waals surface area contributed by atoms with Gasteiger partial charge in [0, 0.05) is 15.8 Å². The van der Waals surface area contributed by atoms with Crippen molar-refractivity contribution >= 4 is 11.3 Å². The molecule has 1 nitrogen and oxygen atoms in total. The lowest BCUT2D eigenvalue weighted by Crippen LogP contribution is -2.21. The van der Waals surface area contributed by atoms with Gasteiger partial charge in [-0.05, 0) is 37.9 Å². The highest BCUT2D eigenvalue weighted by molar-refractivity contribution is 7.12. The van der Waals surface area contributed by atoms with Gasteiger partial charge in [-0.3, -0.25) is 0 Å². The van der Waals surface area contributed by atoms with Crippen molar-refractivity contribution in [2.75, 3.05) is 6.54 Å². The second-order valence-corrected chi connectivity index (χ2v) is 5.51. The first-order valence-corrected chi connectivity index (χ1v) is 6.24. The second-order valence-electron chi connectivity index (χ2n) is 4.19. The fourth-order valence-electron chi connectivity index (χ4n) is 1.66. The number of hydrogen-bond acceptors (Lipinski definition) is 2. The summed E-state index contributed by atoms with van der Waals surface area (Å²) in [6.07, 6.45) is 1.23. The van der Waals surface area contributed by atoms with E-state index in [2.05, 4.69) is 45.1 Å². The Balaban J connectivity index is 2.66. The molecule has 14 heavy (non-hydrogen) atoms. The van der Waals surface area contributed by atoms with Crippen LogP contribution in [0.4, 0.5) is 0 Å². The number of aryl methyl sites for hydroxylation is 1. The first-order chi connectivity index (χ1) is 6.63. The Morgan fingerprint density at radius 3 is 2.50 bits per heavy atom. The molecular weight excluding hydrogens is 190 g/mol. The van der Waals surface area contributed by atoms with Crippen LogP contribution < -0.4 is 5.32 Å². The molecule has 0 aliphatic carbocycles. The smallest absolute Gasteiger partial charge is 0.0417 e. The van der Waals surface area contributed by atoms with Crippen LogP contribution >= 0.6 is 11.3 Å². The van der Waals surface area contributed by atoms with Crippen molar-refractivity contribution in [3.05, 3.63) is 21.9 Å². The molecule has 1 rings (SSSR count). The molecule has 1 heterocycles. The van der Waals surface area contributed by atoms with Crippen molar-refractivity contribution in [3.8, 4) is 0 Å². The monoisotopic (exact) mass is 211 g/mol. The lowest BCUT2D eigenvalue weighted by atomic mass is 10.0. The van der Waals surface area contributed by atoms with Crippen LogP contribution in [0.5, 0.6) is 0 Å². The van der Waals surface area contributed by atoms with Crippen molar-refractivity contribution in [3.63, 3.8) is 0 Å². The van der Waals surface area contributed by atoms with Gasteiger partial charge in [-0.25, -0.2) is 0 Å². The zero-order valence-corrected chi connectivity index (χ0v) is 10.4. The van der Waals surface area contributed by atoms with Crippen molar-refractivity contribution < 1.29 is 0 Å². The average Bonchev–Trinajstić information content (AvgIpc) is 2.50. The molecule has 0 saturated heterocycles. The molecule has 80 valence electrons. The van der Waals surface area contributed by atoms with E-state index in [0.29, 0.717) is 6.04 Å². The Hall–Kier alpha value is -0.340. The van der Waals surface area contributed by atoms with Crippen molar-refractivity contribution in [2.45, 2.75) is 40.2 Å². The third-order valence-electron chi connectivity index (χ3n) is 2.26. The van der Waals surface area contributed by atoms with Crippen molar-refractivity contribution in [1.29, 1.82) is 0 Å². The standard InChI is InChI=1S/C12H21NS/c1-5-13-11(8-9(2)3)12-7-6-10(4)14-12/h6-7,9,11,13H,5,8H2,1-4H3. The molecule has 0 aliphatic heterocycles. The fraction of sp³-hybridized carbons (Fsp3) is 0.667. The molecule has 0 fully saturated rings. The van der Waals surface area contributed by atoms with Crippen LogP contribution in [0, 0.1) is 12.8 Å². The summed E-state index contributed by atoms with van der Waals surface area (Å²) < 4.78 is 0. The van der Waals surface area contributed by atoms with Crippen LogP contribution in [0.2, 0.25) is 0 Å². The zero-order chi connectivity index (χ0) is 10.6. The molecule has 0 saturated carbocycles. The highest BCUT2D eigenvalue weighted by atomic mass is 32.1. The molecule has 1 aromatic heterocycles. The van der Waals surface area contributed by atoms with Gasteiger partial charge >= 0.3 is 0 Å². The first kappa shape index (κ1) is 11.7. The van der Waals surface area contributed by atoms with Crippen LogP contribution in [-0.2, 0) is 0 Å². The number of nitrogens with one attached hydrogen (secondary N) is 1. The van der Waals surface area contributed by atoms with Crippen molar-refractivity contribution in [2.24, 2.45) is 5.92 Å². The van der Waals surface area contributed by atoms with Gasteiger partial charge in [0.25, 0.3) is 0 Å². The van der Waals surface area contributed by atoms with Gasteiger partial charge in [0.1, 0.15) is 0 Å². The third-order valence-corrected chi connectivity index (χ3v) is 3.38. The fourth-order valence-corrected chi connectivity index (χ4v) is 2.62. The van der Waals surface area contributed by atoms with Gasteiger partial charge in [0.05, 0.1) is 0 Å². The van der Waals surface area contributed by atoms with E-state index in [1.807, 2.05) is 11.3 Å². The molecule has 1 atom stereocenters. The predicted molar refractivity (Wildman–Crippen MR) is 64.9 cm³/mol. The lowest BCUT2D eigenvalue weighted by molar-refractivity contribution is 0.443. The summed E-state index contributed by atoms with van der Waals surface area (Å²) in [6, 6.07) is 5.03. The molecule has 0 spiro atoms. The Kier molecular flexibility index (Phi) is 4.63. The quantitative estimate of drug-likeness (QED) is 0.782. The third kappa shape index (κ3) is 3.43. The van der Waals surface area contributed by atoms with E-state index in [9.17, 15) is 0 Å². The second kappa shape index (κ2) is 5.52. The summed E-state index contributed by atoms with van der Waals surface area (Å²) in [5.74, 6) is 0.751. The number of rotatable bonds is 5. The van der Waals surface area contributed by atoms with Gasteiger partial charge in [-0.2, -0.15) is 0 Å². The van der Waals surface area contributed by atoms with Gasteiger partial charge in [0.15, 0.2) is 0 Å². The minimum atomic E-state index is 0.554. The van der Waals surface area contributed by atoms with Crippen LogP contribution in [0.1, 0.15) is 43.0 Å². The van der Waals surface area contributed by atoms with Crippen LogP contribution in [0.25, 0.3) is 0 Å². The number of thiophene rings is 1. The molecule has 0 aliphatic rings. The van der Waals surface area contributed by atoms with E-state index in [-0.39, 0.29) is 0 Å². The maximum absolute atomic E-state index is 3.55. The normalized spacial score (nSPS) is 13.5. The van der Waals surface area contributed by atoms with Gasteiger partial charge in [-0.1, -0.05) is 20.8 Å². The maximum atomic E-state index is 3.55. The first-order valence-electron chi connectivity index (χ1n) is 5.43. The molecule has 0 radical (unpaired) electrons. The van der Waals surface area contributed by atoms with E-state index in [1.165, 1.54) is 16.2 Å². The van der Waals surface area contributed by atoms with Crippen LogP contribution in [0.3, 0.4) is 0 Å². The largest absolute Gasteiger partial charge is 0.310 e. The minimum absolute atomic E-state index is 0.554. The van der Waals surface area contributed by atoms with E-state index in [0.717, 1.165) is 12.5 Å². The molecule has 0 aromatic carbocycles. The van der Waals surface area contributed by atoms with Gasteiger partial charge in [0.2, 0.25) is 0 Å². The summed E-state index contributed by atoms with van der Waals surface area (Å²) in [7, 11) is 0. The molecule has 1 N–H and O–H groups in total. The summed E-state index contributed by atoms with van der Waals surface area (Å²) in [6.45, 7) is 9.96. The highest BCUT2D eigenvalue weighted by Crippen LogP contribution is 2.27. The van der Waals surface area contributed by atoms with E-state index < -0.39 is 0 Å². The Bertz CT molecular complexity index is 265.